The van der Waals surface area contributed by atoms with Gasteiger partial charge in [0.05, 0.1) is 13.1 Å². The molecule has 11 rings (SSSR count). The molecule has 2 N–H and O–H groups in total. The molecule has 0 saturated carbocycles. The Morgan fingerprint density at radius 1 is 0.611 bits per heavy atom. The monoisotopic (exact) mass is 986 g/mol. The van der Waals surface area contributed by atoms with Crippen molar-refractivity contribution in [1.82, 2.24) is 9.80 Å². The van der Waals surface area contributed by atoms with Crippen molar-refractivity contribution in [3.8, 4) is 23.0 Å². The van der Waals surface area contributed by atoms with Gasteiger partial charge in [0, 0.05) is 26.2 Å². The van der Waals surface area contributed by atoms with E-state index in [0.717, 1.165) is 33.4 Å². The number of hydrogen-bond donors (Lipinski definition) is 2. The number of Topliss-reactive ketones (excluding diaryl/α,β-unsaturated/α-hetero) is 1. The van der Waals surface area contributed by atoms with Gasteiger partial charge in [-0.1, -0.05) is 60.7 Å². The van der Waals surface area contributed by atoms with Crippen molar-refractivity contribution in [3.63, 3.8) is 0 Å². The first-order valence-corrected chi connectivity index (χ1v) is 24.8. The van der Waals surface area contributed by atoms with Gasteiger partial charge in [-0.3, -0.25) is 14.6 Å². The molecule has 0 aliphatic carbocycles. The van der Waals surface area contributed by atoms with Crippen LogP contribution < -0.4 is 18.9 Å². The minimum absolute atomic E-state index is 0.0847. The first kappa shape index (κ1) is 49.3. The lowest BCUT2D eigenvalue weighted by Crippen LogP contribution is -2.65. The third kappa shape index (κ3) is 11.8. The molecule has 5 aliphatic heterocycles. The van der Waals surface area contributed by atoms with E-state index in [0.29, 0.717) is 94.0 Å². The molecule has 0 aromatic heterocycles. The summed E-state index contributed by atoms with van der Waals surface area (Å²) in [6.45, 7) is 2.30. The van der Waals surface area contributed by atoms with Crippen molar-refractivity contribution < 1.29 is 56.3 Å². The molecule has 1 saturated heterocycles. The summed E-state index contributed by atoms with van der Waals surface area (Å²) in [6.07, 6.45) is 1.42. The Labute approximate surface area is 416 Å². The van der Waals surface area contributed by atoms with Gasteiger partial charge in [-0.15, -0.1) is 0 Å². The van der Waals surface area contributed by atoms with Crippen molar-refractivity contribution in [1.29, 1.82) is 0 Å². The molecule has 0 bridgehead atoms. The Morgan fingerprint density at radius 2 is 1.12 bits per heavy atom. The molecule has 376 valence electrons. The van der Waals surface area contributed by atoms with Crippen LogP contribution in [-0.4, -0.2) is 94.4 Å². The van der Waals surface area contributed by atoms with Gasteiger partial charge in [-0.05, 0) is 158 Å². The van der Waals surface area contributed by atoms with Crippen LogP contribution in [-0.2, 0) is 48.3 Å². The number of ketones is 1. The summed E-state index contributed by atoms with van der Waals surface area (Å²) in [5.41, 5.74) is 5.36. The van der Waals surface area contributed by atoms with Gasteiger partial charge in [0.1, 0.15) is 70.7 Å². The molecule has 72 heavy (non-hydrogen) atoms. The highest BCUT2D eigenvalue weighted by atomic mass is 19.1. The number of aliphatic hydroxyl groups is 2. The topological polar surface area (TPSA) is 110 Å². The van der Waals surface area contributed by atoms with Crippen molar-refractivity contribution in [2.24, 2.45) is 0 Å². The Bertz CT molecular complexity index is 2840. The van der Waals surface area contributed by atoms with Gasteiger partial charge >= 0.3 is 0 Å². The molecular weight excluding hydrogens is 929 g/mol. The average molecular weight is 987 g/mol. The maximum atomic E-state index is 13.7. The molecule has 5 aliphatic rings. The fourth-order valence-electron chi connectivity index (χ4n) is 10.6. The summed E-state index contributed by atoms with van der Waals surface area (Å²) in [7, 11) is 0. The van der Waals surface area contributed by atoms with Crippen LogP contribution in [0.1, 0.15) is 59.1 Å². The predicted molar refractivity (Wildman–Crippen MR) is 261 cm³/mol. The molecule has 10 nitrogen and oxygen atoms in total. The standard InChI is InChI=1S/2C29H29F2NO4/c30-22-8-11-24-20(14-22)6-10-26(34-24)27-17-32(16-19-4-2-1-3-5-19)18-29(33,36-27)28-13-7-21-15-23(31)9-12-25(21)35-28;30-22-8-12-26-20(14-22)6-10-28(35-26)24(33)17-32(16-19-4-2-1-3-5-19)18-25(34)29-11-7-21-15-23(31)9-13-27(21)36-29/h1-5,8-9,11-12,14-15,26-28,33H,6-7,10,13,16-18H2;1-5,8-9,12-15,24,28-29,33H,6-7,10-11,16-18H2/t26-,27?,28+,29?;24-,28+,29?/m10/s1. The maximum Gasteiger partial charge on any atom is 0.217 e. The van der Waals surface area contributed by atoms with Gasteiger partial charge in [-0.25, -0.2) is 17.6 Å². The molecule has 6 aromatic rings. The van der Waals surface area contributed by atoms with Crippen molar-refractivity contribution in [2.45, 2.75) is 107 Å². The lowest BCUT2D eigenvalue weighted by atomic mass is 9.93. The summed E-state index contributed by atoms with van der Waals surface area (Å²) < 4.78 is 85.2. The van der Waals surface area contributed by atoms with E-state index in [1.807, 2.05) is 53.4 Å². The molecule has 7 atom stereocenters. The normalized spacial score (nSPS) is 23.7. The molecule has 1 fully saturated rings. The van der Waals surface area contributed by atoms with Gasteiger partial charge < -0.3 is 33.9 Å². The van der Waals surface area contributed by atoms with Gasteiger partial charge in [0.25, 0.3) is 0 Å². The van der Waals surface area contributed by atoms with Gasteiger partial charge in [0.15, 0.2) is 18.0 Å². The number of halogens is 4. The number of carbonyl (C=O) groups excluding carboxylic acids is 1. The van der Waals surface area contributed by atoms with E-state index in [9.17, 15) is 32.6 Å². The fraction of sp³-hybridized carbons (Fsp3) is 0.362. The second-order valence-corrected chi connectivity index (χ2v) is 19.5. The molecule has 6 aromatic carbocycles. The number of aryl methyl sites for hydroxylation is 4. The first-order chi connectivity index (χ1) is 34.9. The van der Waals surface area contributed by atoms with E-state index in [2.05, 4.69) is 17.0 Å². The Balaban J connectivity index is 0.000000166. The molecule has 0 radical (unpaired) electrons. The second-order valence-electron chi connectivity index (χ2n) is 19.5. The Morgan fingerprint density at radius 3 is 1.74 bits per heavy atom. The van der Waals surface area contributed by atoms with E-state index >= 15 is 0 Å². The van der Waals surface area contributed by atoms with Crippen LogP contribution in [0.15, 0.2) is 133 Å². The van der Waals surface area contributed by atoms with Crippen molar-refractivity contribution in [3.05, 3.63) is 190 Å². The zero-order valence-electron chi connectivity index (χ0n) is 39.8. The molecule has 3 unspecified atom stereocenters. The van der Waals surface area contributed by atoms with Crippen LogP contribution in [0, 0.1) is 23.3 Å². The molecule has 5 heterocycles. The molecular formula is C58H58F4N2O8. The summed E-state index contributed by atoms with van der Waals surface area (Å²) >= 11 is 0. The summed E-state index contributed by atoms with van der Waals surface area (Å²) in [4.78, 5) is 17.3. The van der Waals surface area contributed by atoms with Crippen LogP contribution in [0.25, 0.3) is 0 Å². The number of hydrogen-bond acceptors (Lipinski definition) is 10. The third-order valence-corrected chi connectivity index (χ3v) is 14.2. The summed E-state index contributed by atoms with van der Waals surface area (Å²) in [5.74, 6) is -0.491. The number of benzene rings is 6. The first-order valence-electron chi connectivity index (χ1n) is 24.8. The SMILES string of the molecule is O=C(CN(Cc1ccccc1)C[C@H](O)[C@H]1CCc2cc(F)ccc2O1)C1CCc2cc(F)ccc2O1.OC1([C@@H]2CCc3cc(F)ccc3O2)CN(Cc2ccccc2)CC([C@H]2CCc3cc(F)ccc3O2)O1. The highest BCUT2D eigenvalue weighted by Gasteiger charge is 2.50. The minimum atomic E-state index is -1.57. The third-order valence-electron chi connectivity index (χ3n) is 14.2. The van der Waals surface area contributed by atoms with Gasteiger partial charge in [0.2, 0.25) is 5.79 Å². The van der Waals surface area contributed by atoms with E-state index in [-0.39, 0.29) is 54.8 Å². The minimum Gasteiger partial charge on any atom is -0.487 e. The number of aliphatic hydroxyl groups excluding tert-OH is 1. The van der Waals surface area contributed by atoms with Crippen LogP contribution in [0.4, 0.5) is 17.6 Å². The van der Waals surface area contributed by atoms with Crippen LogP contribution in [0.5, 0.6) is 23.0 Å². The number of ether oxygens (including phenoxy) is 5. The van der Waals surface area contributed by atoms with Crippen LogP contribution in [0.2, 0.25) is 0 Å². The number of β-amino-alcohol motifs (C(OH)–C–C–N with tert-alkyl or cyclic N) is 1. The van der Waals surface area contributed by atoms with Crippen molar-refractivity contribution in [2.75, 3.05) is 26.2 Å². The maximum absolute atomic E-state index is 13.7. The van der Waals surface area contributed by atoms with E-state index in [4.69, 9.17) is 23.7 Å². The van der Waals surface area contributed by atoms with Crippen molar-refractivity contribution >= 4 is 5.78 Å². The fourth-order valence-corrected chi connectivity index (χ4v) is 10.6. The lowest BCUT2D eigenvalue weighted by Gasteiger charge is -2.49. The molecule has 0 amide bonds. The highest BCUT2D eigenvalue weighted by Crippen LogP contribution is 2.39. The quantitative estimate of drug-likeness (QED) is 0.115. The summed E-state index contributed by atoms with van der Waals surface area (Å²) in [5, 5.41) is 23.0. The number of carbonyl (C=O) groups is 1. The van der Waals surface area contributed by atoms with Gasteiger partial charge in [-0.2, -0.15) is 0 Å². The molecule has 14 heteroatoms. The number of nitrogens with zero attached hydrogens (tertiary/aromatic N) is 2. The van der Waals surface area contributed by atoms with Crippen LogP contribution >= 0.6 is 0 Å². The smallest absolute Gasteiger partial charge is 0.217 e. The lowest BCUT2D eigenvalue weighted by molar-refractivity contribution is -0.315. The Hall–Kier alpha value is -6.29. The number of morpholine rings is 1. The second kappa shape index (κ2) is 21.8. The average Bonchev–Trinajstić information content (AvgIpc) is 3.38. The largest absolute Gasteiger partial charge is 0.487 e. The van der Waals surface area contributed by atoms with E-state index in [1.54, 1.807) is 24.3 Å². The zero-order valence-corrected chi connectivity index (χ0v) is 39.8. The highest BCUT2D eigenvalue weighted by molar-refractivity contribution is 5.85. The van der Waals surface area contributed by atoms with Crippen LogP contribution in [0.3, 0.4) is 0 Å². The summed E-state index contributed by atoms with van der Waals surface area (Å²) in [6, 6.07) is 37.7. The predicted octanol–water partition coefficient (Wildman–Crippen LogP) is 9.13. The zero-order chi connectivity index (χ0) is 49.8. The van der Waals surface area contributed by atoms with E-state index < -0.39 is 36.3 Å². The Kier molecular flexibility index (Phi) is 14.9. The molecule has 0 spiro atoms. The van der Waals surface area contributed by atoms with E-state index in [1.165, 1.54) is 48.5 Å². The number of rotatable bonds is 12. The number of fused-ring (bicyclic) bond motifs is 4.